The molecule has 0 saturated carbocycles. The van der Waals surface area contributed by atoms with Crippen molar-refractivity contribution in [1.29, 1.82) is 0 Å². The first kappa shape index (κ1) is 16.3. The third kappa shape index (κ3) is 8.43. The predicted octanol–water partition coefficient (Wildman–Crippen LogP) is 1.41. The van der Waals surface area contributed by atoms with Crippen molar-refractivity contribution < 1.29 is 29.4 Å². The molecule has 2 N–H and O–H groups in total. The molecule has 6 heteroatoms. The Morgan fingerprint density at radius 1 is 0.556 bits per heavy atom. The van der Waals surface area contributed by atoms with Crippen LogP contribution in [-0.4, -0.2) is 33.7 Å². The average molecular weight is 258 g/mol. The van der Waals surface area contributed by atoms with E-state index in [1.165, 1.54) is 0 Å². The lowest BCUT2D eigenvalue weighted by atomic mass is 10.1. The van der Waals surface area contributed by atoms with Gasteiger partial charge in [-0.15, -0.1) is 0 Å². The van der Waals surface area contributed by atoms with Crippen LogP contribution in [0.4, 0.5) is 0 Å². The molecule has 0 aromatic carbocycles. The summed E-state index contributed by atoms with van der Waals surface area (Å²) in [6, 6.07) is 0. The number of Topliss-reactive ketones (excluding diaryl/α,β-unsaturated/α-hetero) is 2. The highest BCUT2D eigenvalue weighted by Crippen LogP contribution is 2.09. The lowest BCUT2D eigenvalue weighted by molar-refractivity contribution is -0.149. The van der Waals surface area contributed by atoms with Crippen LogP contribution in [-0.2, 0) is 19.2 Å². The fourth-order valence-electron chi connectivity index (χ4n) is 1.49. The van der Waals surface area contributed by atoms with E-state index in [9.17, 15) is 19.2 Å². The minimum Gasteiger partial charge on any atom is -0.476 e. The first-order valence-electron chi connectivity index (χ1n) is 5.97. The highest BCUT2D eigenvalue weighted by molar-refractivity contribution is 6.32. The van der Waals surface area contributed by atoms with Gasteiger partial charge in [0.15, 0.2) is 0 Å². The summed E-state index contributed by atoms with van der Waals surface area (Å²) in [4.78, 5) is 41.8. The molecule has 0 unspecified atom stereocenters. The van der Waals surface area contributed by atoms with Gasteiger partial charge in [0.25, 0.3) is 0 Å². The molecule has 0 aliphatic carbocycles. The minimum atomic E-state index is -1.39. The summed E-state index contributed by atoms with van der Waals surface area (Å²) in [5.74, 6) is -4.30. The lowest BCUT2D eigenvalue weighted by Gasteiger charge is -2.00. The van der Waals surface area contributed by atoms with E-state index < -0.39 is 23.5 Å². The topological polar surface area (TPSA) is 109 Å². The monoisotopic (exact) mass is 258 g/mol. The smallest absolute Gasteiger partial charge is 0.372 e. The largest absolute Gasteiger partial charge is 0.476 e. The zero-order valence-electron chi connectivity index (χ0n) is 10.2. The van der Waals surface area contributed by atoms with Crippen LogP contribution in [0.15, 0.2) is 0 Å². The Balaban J connectivity index is 3.32. The fraction of sp³-hybridized carbons (Fsp3) is 0.667. The molecule has 6 nitrogen and oxygen atoms in total. The molecule has 0 aromatic heterocycles. The van der Waals surface area contributed by atoms with Gasteiger partial charge in [0.05, 0.1) is 0 Å². The number of rotatable bonds is 11. The molecule has 0 aromatic rings. The molecule has 0 amide bonds. The van der Waals surface area contributed by atoms with Crippen molar-refractivity contribution in [1.82, 2.24) is 0 Å². The Morgan fingerprint density at radius 3 is 1.11 bits per heavy atom. The third-order valence-corrected chi connectivity index (χ3v) is 2.53. The van der Waals surface area contributed by atoms with E-state index in [1.54, 1.807) is 0 Å². The van der Waals surface area contributed by atoms with Crippen LogP contribution in [0.25, 0.3) is 0 Å². The van der Waals surface area contributed by atoms with Gasteiger partial charge in [-0.3, -0.25) is 9.59 Å². The van der Waals surface area contributed by atoms with Crippen molar-refractivity contribution in [2.24, 2.45) is 0 Å². The van der Waals surface area contributed by atoms with Crippen molar-refractivity contribution in [3.63, 3.8) is 0 Å². The maximum atomic E-state index is 10.7. The Hall–Kier alpha value is -1.72. The number of carboxylic acid groups (broad SMARTS) is 2. The second kappa shape index (κ2) is 9.32. The van der Waals surface area contributed by atoms with Gasteiger partial charge in [0.1, 0.15) is 0 Å². The van der Waals surface area contributed by atoms with Gasteiger partial charge < -0.3 is 10.2 Å². The number of aliphatic carboxylic acids is 2. The van der Waals surface area contributed by atoms with E-state index in [1.807, 2.05) is 0 Å². The molecule has 0 fully saturated rings. The van der Waals surface area contributed by atoms with Gasteiger partial charge in [-0.2, -0.15) is 0 Å². The van der Waals surface area contributed by atoms with Gasteiger partial charge in [-0.1, -0.05) is 25.7 Å². The molecule has 0 aliphatic rings. The molecule has 102 valence electrons. The standard InChI is InChI=1S/C12H18O6/c13-9(11(15)16)7-5-3-1-2-4-6-8-10(14)12(17)18/h1-8H2,(H,15,16)(H,17,18). The Kier molecular flexibility index (Phi) is 8.43. The number of ketones is 2. The Bertz CT molecular complexity index is 289. The number of carbonyl (C=O) groups excluding carboxylic acids is 2. The van der Waals surface area contributed by atoms with E-state index in [0.29, 0.717) is 12.8 Å². The van der Waals surface area contributed by atoms with Gasteiger partial charge >= 0.3 is 11.9 Å². The number of hydrogen-bond donors (Lipinski definition) is 2. The van der Waals surface area contributed by atoms with Gasteiger partial charge in [0, 0.05) is 12.8 Å². The summed E-state index contributed by atoms with van der Waals surface area (Å²) in [5, 5.41) is 16.6. The maximum absolute atomic E-state index is 10.7. The van der Waals surface area contributed by atoms with Crippen LogP contribution in [0, 0.1) is 0 Å². The molecular formula is C12H18O6. The minimum absolute atomic E-state index is 0.0623. The Morgan fingerprint density at radius 2 is 0.833 bits per heavy atom. The highest BCUT2D eigenvalue weighted by atomic mass is 16.4. The van der Waals surface area contributed by atoms with E-state index in [2.05, 4.69) is 0 Å². The van der Waals surface area contributed by atoms with E-state index in [-0.39, 0.29) is 12.8 Å². The lowest BCUT2D eigenvalue weighted by Crippen LogP contribution is -2.11. The molecule has 0 saturated heterocycles. The van der Waals surface area contributed by atoms with Crippen LogP contribution in [0.5, 0.6) is 0 Å². The zero-order chi connectivity index (χ0) is 14.0. The summed E-state index contributed by atoms with van der Waals surface area (Å²) in [5.41, 5.74) is 0. The van der Waals surface area contributed by atoms with Gasteiger partial charge in [-0.25, -0.2) is 9.59 Å². The molecular weight excluding hydrogens is 240 g/mol. The van der Waals surface area contributed by atoms with Crippen molar-refractivity contribution >= 4 is 23.5 Å². The van der Waals surface area contributed by atoms with Crippen molar-refractivity contribution in [2.45, 2.75) is 51.4 Å². The summed E-state index contributed by atoms with van der Waals surface area (Å²) < 4.78 is 0. The fourth-order valence-corrected chi connectivity index (χ4v) is 1.49. The van der Waals surface area contributed by atoms with Crippen LogP contribution in [0.2, 0.25) is 0 Å². The third-order valence-electron chi connectivity index (χ3n) is 2.53. The number of hydrogen-bond acceptors (Lipinski definition) is 4. The van der Waals surface area contributed by atoms with Crippen molar-refractivity contribution in [3.05, 3.63) is 0 Å². The molecule has 0 aliphatic heterocycles. The van der Waals surface area contributed by atoms with E-state index in [0.717, 1.165) is 25.7 Å². The number of carbonyl (C=O) groups is 4. The normalized spacial score (nSPS) is 10.0. The average Bonchev–Trinajstić information content (AvgIpc) is 2.31. The molecule has 18 heavy (non-hydrogen) atoms. The van der Waals surface area contributed by atoms with Crippen molar-refractivity contribution in [3.8, 4) is 0 Å². The van der Waals surface area contributed by atoms with Gasteiger partial charge in [-0.05, 0) is 12.8 Å². The molecule has 0 bridgehead atoms. The van der Waals surface area contributed by atoms with Crippen LogP contribution in [0.1, 0.15) is 51.4 Å². The summed E-state index contributed by atoms with van der Waals surface area (Å²) in [6.07, 6.45) is 4.48. The van der Waals surface area contributed by atoms with E-state index in [4.69, 9.17) is 10.2 Å². The molecule has 0 spiro atoms. The maximum Gasteiger partial charge on any atom is 0.372 e. The predicted molar refractivity (Wildman–Crippen MR) is 62.2 cm³/mol. The second-order valence-corrected chi connectivity index (χ2v) is 4.08. The summed E-state index contributed by atoms with van der Waals surface area (Å²) in [6.45, 7) is 0. The van der Waals surface area contributed by atoms with Crippen LogP contribution in [0.3, 0.4) is 0 Å². The molecule has 0 rings (SSSR count). The molecule has 0 heterocycles. The molecule has 0 radical (unpaired) electrons. The number of unbranched alkanes of at least 4 members (excludes halogenated alkanes) is 5. The second-order valence-electron chi connectivity index (χ2n) is 4.08. The SMILES string of the molecule is O=C(O)C(=O)CCCCCCCCC(=O)C(=O)O. The summed E-state index contributed by atoms with van der Waals surface area (Å²) >= 11 is 0. The van der Waals surface area contributed by atoms with Crippen LogP contribution >= 0.6 is 0 Å². The van der Waals surface area contributed by atoms with Gasteiger partial charge in [0.2, 0.25) is 11.6 Å². The molecule has 0 atom stereocenters. The van der Waals surface area contributed by atoms with Crippen LogP contribution < -0.4 is 0 Å². The quantitative estimate of drug-likeness (QED) is 0.428. The Labute approximate surface area is 105 Å². The highest BCUT2D eigenvalue weighted by Gasteiger charge is 2.10. The van der Waals surface area contributed by atoms with E-state index >= 15 is 0 Å². The zero-order valence-corrected chi connectivity index (χ0v) is 10.2. The first-order valence-corrected chi connectivity index (χ1v) is 5.97. The first-order chi connectivity index (χ1) is 8.45. The number of carboxylic acids is 2. The summed E-state index contributed by atoms with van der Waals surface area (Å²) in [7, 11) is 0. The van der Waals surface area contributed by atoms with Crippen molar-refractivity contribution in [2.75, 3.05) is 0 Å².